The van der Waals surface area contributed by atoms with Crippen molar-refractivity contribution in [2.24, 2.45) is 17.3 Å². The van der Waals surface area contributed by atoms with Crippen LogP contribution in [-0.2, 0) is 0 Å². The van der Waals surface area contributed by atoms with E-state index in [4.69, 9.17) is 0 Å². The summed E-state index contributed by atoms with van der Waals surface area (Å²) in [5, 5.41) is 0. The van der Waals surface area contributed by atoms with Crippen LogP contribution in [0.15, 0.2) is 0 Å². The molecule has 1 unspecified atom stereocenters. The lowest BCUT2D eigenvalue weighted by molar-refractivity contribution is 0.104. The molecule has 0 bridgehead atoms. The molecule has 5 atom stereocenters. The zero-order chi connectivity index (χ0) is 14.1. The highest BCUT2D eigenvalue weighted by Gasteiger charge is 2.65. The van der Waals surface area contributed by atoms with Crippen LogP contribution in [0.5, 0.6) is 0 Å². The predicted molar refractivity (Wildman–Crippen MR) is 83.8 cm³/mol. The summed E-state index contributed by atoms with van der Waals surface area (Å²) in [6.07, 6.45) is 7.46. The van der Waals surface area contributed by atoms with Crippen LogP contribution in [-0.4, -0.2) is 47.1 Å². The van der Waals surface area contributed by atoms with Crippen molar-refractivity contribution in [3.05, 3.63) is 0 Å². The van der Waals surface area contributed by atoms with Gasteiger partial charge in [-0.3, -0.25) is 4.90 Å². The molecule has 0 radical (unpaired) electrons. The van der Waals surface area contributed by atoms with Crippen molar-refractivity contribution in [3.8, 4) is 0 Å². The van der Waals surface area contributed by atoms with E-state index >= 15 is 0 Å². The maximum atomic E-state index is 2.84. The minimum Gasteiger partial charge on any atom is -0.302 e. The third kappa shape index (κ3) is 1.98. The number of hydrogen-bond acceptors (Lipinski definition) is 2. The Kier molecular flexibility index (Phi) is 2.87. The fourth-order valence-corrected chi connectivity index (χ4v) is 6.20. The topological polar surface area (TPSA) is 6.48 Å². The summed E-state index contributed by atoms with van der Waals surface area (Å²) < 4.78 is 0. The molecular formula is C18H32N2. The summed E-state index contributed by atoms with van der Waals surface area (Å²) in [6.45, 7) is 13.9. The Balaban J connectivity index is 1.42. The Morgan fingerprint density at radius 2 is 1.70 bits per heavy atom. The van der Waals surface area contributed by atoms with Crippen LogP contribution in [0.25, 0.3) is 0 Å². The van der Waals surface area contributed by atoms with Crippen molar-refractivity contribution in [1.82, 2.24) is 9.80 Å². The molecule has 2 saturated heterocycles. The van der Waals surface area contributed by atoms with Gasteiger partial charge < -0.3 is 4.90 Å². The molecular weight excluding hydrogens is 244 g/mol. The molecule has 4 fully saturated rings. The predicted octanol–water partition coefficient (Wildman–Crippen LogP) is 3.37. The molecule has 2 heteroatoms. The summed E-state index contributed by atoms with van der Waals surface area (Å²) in [4.78, 5) is 5.66. The molecule has 2 heterocycles. The van der Waals surface area contributed by atoms with Crippen molar-refractivity contribution in [3.63, 3.8) is 0 Å². The van der Waals surface area contributed by atoms with Crippen molar-refractivity contribution in [1.29, 1.82) is 0 Å². The zero-order valence-electron chi connectivity index (χ0n) is 13.9. The normalized spacial score (nSPS) is 48.6. The lowest BCUT2D eigenvalue weighted by Crippen LogP contribution is -2.45. The van der Waals surface area contributed by atoms with Gasteiger partial charge in [0.1, 0.15) is 0 Å². The molecule has 0 spiro atoms. The van der Waals surface area contributed by atoms with E-state index in [0.717, 1.165) is 23.9 Å². The highest BCUT2D eigenvalue weighted by Crippen LogP contribution is 2.62. The quantitative estimate of drug-likeness (QED) is 0.763. The van der Waals surface area contributed by atoms with Crippen molar-refractivity contribution in [2.75, 3.05) is 19.6 Å². The number of piperidine rings is 1. The van der Waals surface area contributed by atoms with Gasteiger partial charge in [0.2, 0.25) is 0 Å². The smallest absolute Gasteiger partial charge is 0.0179 e. The molecule has 0 aromatic heterocycles. The van der Waals surface area contributed by atoms with Gasteiger partial charge in [-0.2, -0.15) is 0 Å². The van der Waals surface area contributed by atoms with E-state index in [1.54, 1.807) is 0 Å². The number of likely N-dealkylation sites (tertiary alicyclic amines) is 2. The number of hydrogen-bond donors (Lipinski definition) is 0. The van der Waals surface area contributed by atoms with Gasteiger partial charge in [0.05, 0.1) is 0 Å². The molecule has 0 N–H and O–H groups in total. The molecule has 4 aliphatic rings. The van der Waals surface area contributed by atoms with E-state index in [-0.39, 0.29) is 0 Å². The second kappa shape index (κ2) is 4.23. The average Bonchev–Trinajstić information content (AvgIpc) is 2.63. The molecule has 114 valence electrons. The first-order valence-electron chi connectivity index (χ1n) is 8.90. The standard InChI is InChI=1S/C18H32N2/c1-13-8-18(9-16(18)20(13)17(2,3)4)12-19-10-14-6-5-7-15(14)11-19/h13-16H,5-12H2,1-4H3/t13?,14-,15+,16-,18+/m0/s1. The number of rotatable bonds is 2. The Morgan fingerprint density at radius 1 is 1.05 bits per heavy atom. The monoisotopic (exact) mass is 276 g/mol. The van der Waals surface area contributed by atoms with Crippen LogP contribution < -0.4 is 0 Å². The second-order valence-electron chi connectivity index (χ2n) is 9.36. The maximum Gasteiger partial charge on any atom is 0.0179 e. The van der Waals surface area contributed by atoms with Gasteiger partial charge in [-0.05, 0) is 65.2 Å². The van der Waals surface area contributed by atoms with Crippen LogP contribution in [0.1, 0.15) is 59.8 Å². The molecule has 2 nitrogen and oxygen atoms in total. The van der Waals surface area contributed by atoms with E-state index in [0.29, 0.717) is 11.0 Å². The Labute approximate surface area is 124 Å². The summed E-state index contributed by atoms with van der Waals surface area (Å²) in [7, 11) is 0. The molecule has 20 heavy (non-hydrogen) atoms. The molecule has 4 rings (SSSR count). The minimum absolute atomic E-state index is 0.351. The van der Waals surface area contributed by atoms with E-state index in [2.05, 4.69) is 37.5 Å². The largest absolute Gasteiger partial charge is 0.302 e. The maximum absolute atomic E-state index is 2.84. The van der Waals surface area contributed by atoms with Crippen molar-refractivity contribution in [2.45, 2.75) is 77.4 Å². The summed E-state index contributed by atoms with van der Waals surface area (Å²) >= 11 is 0. The third-order valence-corrected chi connectivity index (χ3v) is 6.77. The minimum atomic E-state index is 0.351. The first-order chi connectivity index (χ1) is 9.39. The van der Waals surface area contributed by atoms with E-state index in [1.165, 1.54) is 51.7 Å². The van der Waals surface area contributed by atoms with Crippen LogP contribution in [0, 0.1) is 17.3 Å². The molecule has 2 aliphatic heterocycles. The van der Waals surface area contributed by atoms with Crippen LogP contribution in [0.3, 0.4) is 0 Å². The van der Waals surface area contributed by atoms with Crippen molar-refractivity contribution >= 4 is 0 Å². The highest BCUT2D eigenvalue weighted by atomic mass is 15.3. The fourth-order valence-electron chi connectivity index (χ4n) is 6.20. The Hall–Kier alpha value is -0.0800. The van der Waals surface area contributed by atoms with Gasteiger partial charge in [-0.15, -0.1) is 0 Å². The lowest BCUT2D eigenvalue weighted by Gasteiger charge is -2.37. The highest BCUT2D eigenvalue weighted by molar-refractivity contribution is 5.19. The van der Waals surface area contributed by atoms with Gasteiger partial charge in [-0.1, -0.05) is 6.42 Å². The molecule has 0 aromatic carbocycles. The van der Waals surface area contributed by atoms with Crippen LogP contribution in [0.4, 0.5) is 0 Å². The fraction of sp³-hybridized carbons (Fsp3) is 1.00. The summed E-state index contributed by atoms with van der Waals surface area (Å²) in [5.74, 6) is 2.11. The summed E-state index contributed by atoms with van der Waals surface area (Å²) in [5.41, 5.74) is 1.02. The van der Waals surface area contributed by atoms with Gasteiger partial charge in [0, 0.05) is 42.7 Å². The summed E-state index contributed by atoms with van der Waals surface area (Å²) in [6, 6.07) is 1.67. The Bertz CT molecular complexity index is 387. The first kappa shape index (κ1) is 13.6. The molecule has 0 aromatic rings. The van der Waals surface area contributed by atoms with E-state index in [1.807, 2.05) is 0 Å². The van der Waals surface area contributed by atoms with Crippen molar-refractivity contribution < 1.29 is 0 Å². The van der Waals surface area contributed by atoms with Crippen LogP contribution in [0.2, 0.25) is 0 Å². The third-order valence-electron chi connectivity index (χ3n) is 6.77. The van der Waals surface area contributed by atoms with Gasteiger partial charge in [0.25, 0.3) is 0 Å². The molecule has 2 aliphatic carbocycles. The SMILES string of the molecule is CC1C[C@]2(CN3C[C@H]4CCC[C@H]4C3)C[C@@H]2N1C(C)(C)C. The lowest BCUT2D eigenvalue weighted by atomic mass is 9.99. The average molecular weight is 276 g/mol. The number of nitrogens with zero attached hydrogens (tertiary/aromatic N) is 2. The number of fused-ring (bicyclic) bond motifs is 2. The zero-order valence-corrected chi connectivity index (χ0v) is 13.9. The Morgan fingerprint density at radius 3 is 2.25 bits per heavy atom. The second-order valence-corrected chi connectivity index (χ2v) is 9.36. The van der Waals surface area contributed by atoms with Gasteiger partial charge >= 0.3 is 0 Å². The van der Waals surface area contributed by atoms with Gasteiger partial charge in [0.15, 0.2) is 0 Å². The van der Waals surface area contributed by atoms with E-state index < -0.39 is 0 Å². The van der Waals surface area contributed by atoms with E-state index in [9.17, 15) is 0 Å². The first-order valence-corrected chi connectivity index (χ1v) is 8.90. The van der Waals surface area contributed by atoms with Crippen LogP contribution >= 0.6 is 0 Å². The van der Waals surface area contributed by atoms with Gasteiger partial charge in [-0.25, -0.2) is 0 Å². The molecule has 0 amide bonds. The molecule has 2 saturated carbocycles.